The van der Waals surface area contributed by atoms with Gasteiger partial charge in [0.25, 0.3) is 0 Å². The SMILES string of the molecule is N#Cc1cc(Br)cc(C(=O)O)c1C=O. The van der Waals surface area contributed by atoms with Crippen molar-refractivity contribution in [3.05, 3.63) is 33.3 Å². The van der Waals surface area contributed by atoms with Crippen molar-refractivity contribution in [1.29, 1.82) is 5.26 Å². The quantitative estimate of drug-likeness (QED) is 0.816. The van der Waals surface area contributed by atoms with Gasteiger partial charge >= 0.3 is 5.97 Å². The average Bonchev–Trinajstić information content (AvgIpc) is 2.16. The summed E-state index contributed by atoms with van der Waals surface area (Å²) in [5.74, 6) is -1.23. The van der Waals surface area contributed by atoms with Gasteiger partial charge in [0.1, 0.15) is 0 Å². The second-order valence-electron chi connectivity index (χ2n) is 2.45. The van der Waals surface area contributed by atoms with Gasteiger partial charge in [0.2, 0.25) is 0 Å². The van der Waals surface area contributed by atoms with Gasteiger partial charge in [0.15, 0.2) is 6.29 Å². The van der Waals surface area contributed by atoms with Gasteiger partial charge in [-0.1, -0.05) is 15.9 Å². The third-order valence-electron chi connectivity index (χ3n) is 1.61. The van der Waals surface area contributed by atoms with E-state index in [4.69, 9.17) is 10.4 Å². The summed E-state index contributed by atoms with van der Waals surface area (Å²) in [5.41, 5.74) is -0.221. The van der Waals surface area contributed by atoms with Crippen molar-refractivity contribution in [2.24, 2.45) is 0 Å². The normalized spacial score (nSPS) is 9.14. The molecular formula is C9H4BrNO3. The summed E-state index contributed by atoms with van der Waals surface area (Å²) in [7, 11) is 0. The number of hydrogen-bond donors (Lipinski definition) is 1. The van der Waals surface area contributed by atoms with Crippen LogP contribution in [0.1, 0.15) is 26.3 Å². The lowest BCUT2D eigenvalue weighted by Gasteiger charge is -2.02. The van der Waals surface area contributed by atoms with Gasteiger partial charge in [-0.3, -0.25) is 4.79 Å². The van der Waals surface area contributed by atoms with Crippen LogP contribution in [-0.4, -0.2) is 17.4 Å². The molecule has 1 N–H and O–H groups in total. The Labute approximate surface area is 87.9 Å². The maximum atomic E-state index is 10.7. The average molecular weight is 254 g/mol. The fraction of sp³-hybridized carbons (Fsp3) is 0. The molecule has 70 valence electrons. The molecule has 0 saturated heterocycles. The molecule has 5 heteroatoms. The minimum atomic E-state index is -1.23. The van der Waals surface area contributed by atoms with Crippen LogP contribution >= 0.6 is 15.9 Å². The number of nitrogens with zero attached hydrogens (tertiary/aromatic N) is 1. The highest BCUT2D eigenvalue weighted by molar-refractivity contribution is 9.10. The number of halogens is 1. The van der Waals surface area contributed by atoms with Crippen LogP contribution in [0.3, 0.4) is 0 Å². The molecule has 0 unspecified atom stereocenters. The van der Waals surface area contributed by atoms with Crippen molar-refractivity contribution in [2.45, 2.75) is 0 Å². The Hall–Kier alpha value is -1.67. The van der Waals surface area contributed by atoms with Crippen LogP contribution in [0.15, 0.2) is 16.6 Å². The third kappa shape index (κ3) is 1.80. The van der Waals surface area contributed by atoms with Crippen molar-refractivity contribution in [1.82, 2.24) is 0 Å². The molecule has 0 amide bonds. The topological polar surface area (TPSA) is 78.2 Å². The maximum Gasteiger partial charge on any atom is 0.336 e. The van der Waals surface area contributed by atoms with Crippen molar-refractivity contribution in [3.8, 4) is 6.07 Å². The highest BCUT2D eigenvalue weighted by Gasteiger charge is 2.14. The summed E-state index contributed by atoms with van der Waals surface area (Å²) in [5, 5.41) is 17.4. The number of benzene rings is 1. The van der Waals surface area contributed by atoms with Crippen molar-refractivity contribution in [2.75, 3.05) is 0 Å². The van der Waals surface area contributed by atoms with Crippen molar-refractivity contribution < 1.29 is 14.7 Å². The molecule has 0 heterocycles. The van der Waals surface area contributed by atoms with Crippen LogP contribution in [0.5, 0.6) is 0 Å². The van der Waals surface area contributed by atoms with Crippen LogP contribution in [-0.2, 0) is 0 Å². The van der Waals surface area contributed by atoms with E-state index in [0.29, 0.717) is 10.8 Å². The molecule has 4 nitrogen and oxygen atoms in total. The summed E-state index contributed by atoms with van der Waals surface area (Å²) in [6.45, 7) is 0. The van der Waals surface area contributed by atoms with Crippen LogP contribution < -0.4 is 0 Å². The Morgan fingerprint density at radius 2 is 2.21 bits per heavy atom. The highest BCUT2D eigenvalue weighted by atomic mass is 79.9. The Balaban J connectivity index is 3.57. The van der Waals surface area contributed by atoms with Gasteiger partial charge < -0.3 is 5.11 Å². The number of carbonyl (C=O) groups excluding carboxylic acids is 1. The first kappa shape index (κ1) is 10.4. The van der Waals surface area contributed by atoms with E-state index in [2.05, 4.69) is 15.9 Å². The van der Waals surface area contributed by atoms with E-state index in [1.807, 2.05) is 0 Å². The molecule has 0 aromatic heterocycles. The zero-order valence-corrected chi connectivity index (χ0v) is 8.41. The molecule has 0 atom stereocenters. The Bertz CT molecular complexity index is 448. The summed E-state index contributed by atoms with van der Waals surface area (Å²) in [6.07, 6.45) is 0.369. The molecule has 0 aliphatic carbocycles. The molecule has 0 fully saturated rings. The Morgan fingerprint density at radius 3 is 2.64 bits per heavy atom. The molecule has 0 saturated carbocycles. The number of nitriles is 1. The number of rotatable bonds is 2. The molecule has 0 aliphatic rings. The number of aldehydes is 1. The number of carbonyl (C=O) groups is 2. The first-order valence-electron chi connectivity index (χ1n) is 3.52. The number of carboxylic acid groups (broad SMARTS) is 1. The molecular weight excluding hydrogens is 250 g/mol. The maximum absolute atomic E-state index is 10.7. The minimum Gasteiger partial charge on any atom is -0.478 e. The molecule has 0 aliphatic heterocycles. The predicted octanol–water partition coefficient (Wildman–Crippen LogP) is 1.83. The van der Waals surface area contributed by atoms with Crippen LogP contribution in [0, 0.1) is 11.3 Å². The van der Waals surface area contributed by atoms with Gasteiger partial charge in [0, 0.05) is 10.0 Å². The number of aromatic carboxylic acids is 1. The van der Waals surface area contributed by atoms with Gasteiger partial charge in [-0.05, 0) is 12.1 Å². The van der Waals surface area contributed by atoms with Gasteiger partial charge in [-0.15, -0.1) is 0 Å². The molecule has 0 radical (unpaired) electrons. The van der Waals surface area contributed by atoms with E-state index in [9.17, 15) is 9.59 Å². The molecule has 0 bridgehead atoms. The zero-order chi connectivity index (χ0) is 10.7. The molecule has 14 heavy (non-hydrogen) atoms. The van der Waals surface area contributed by atoms with Crippen LogP contribution in [0.25, 0.3) is 0 Å². The zero-order valence-electron chi connectivity index (χ0n) is 6.82. The fourth-order valence-electron chi connectivity index (χ4n) is 1.01. The Kier molecular flexibility index (Phi) is 2.99. The lowest BCUT2D eigenvalue weighted by Crippen LogP contribution is -2.04. The lowest BCUT2D eigenvalue weighted by atomic mass is 10.0. The standard InChI is InChI=1S/C9H4BrNO3/c10-6-1-5(3-11)8(4-12)7(2-6)9(13)14/h1-2,4H,(H,13,14). The van der Waals surface area contributed by atoms with E-state index >= 15 is 0 Å². The van der Waals surface area contributed by atoms with E-state index in [-0.39, 0.29) is 16.7 Å². The van der Waals surface area contributed by atoms with E-state index in [0.717, 1.165) is 0 Å². The second kappa shape index (κ2) is 4.03. The molecule has 1 aromatic carbocycles. The lowest BCUT2D eigenvalue weighted by molar-refractivity contribution is 0.0694. The van der Waals surface area contributed by atoms with Crippen molar-refractivity contribution in [3.63, 3.8) is 0 Å². The van der Waals surface area contributed by atoms with E-state index < -0.39 is 5.97 Å². The third-order valence-corrected chi connectivity index (χ3v) is 2.07. The minimum absolute atomic E-state index is 0.0479. The molecule has 1 aromatic rings. The van der Waals surface area contributed by atoms with Gasteiger partial charge in [0.05, 0.1) is 17.2 Å². The first-order valence-corrected chi connectivity index (χ1v) is 4.31. The summed E-state index contributed by atoms with van der Waals surface area (Å²) >= 11 is 3.06. The van der Waals surface area contributed by atoms with Gasteiger partial charge in [-0.2, -0.15) is 5.26 Å². The highest BCUT2D eigenvalue weighted by Crippen LogP contribution is 2.19. The van der Waals surface area contributed by atoms with Crippen molar-refractivity contribution >= 4 is 28.2 Å². The molecule has 1 rings (SSSR count). The number of hydrogen-bond acceptors (Lipinski definition) is 3. The van der Waals surface area contributed by atoms with E-state index in [1.54, 1.807) is 6.07 Å². The summed E-state index contributed by atoms with van der Waals surface area (Å²) in [6, 6.07) is 4.44. The largest absolute Gasteiger partial charge is 0.478 e. The fourth-order valence-corrected chi connectivity index (χ4v) is 1.47. The summed E-state index contributed by atoms with van der Waals surface area (Å²) in [4.78, 5) is 21.3. The van der Waals surface area contributed by atoms with E-state index in [1.165, 1.54) is 12.1 Å². The Morgan fingerprint density at radius 1 is 1.57 bits per heavy atom. The molecule has 0 spiro atoms. The first-order chi connectivity index (χ1) is 6.60. The monoisotopic (exact) mass is 253 g/mol. The smallest absolute Gasteiger partial charge is 0.336 e. The predicted molar refractivity (Wildman–Crippen MR) is 51.2 cm³/mol. The van der Waals surface area contributed by atoms with Gasteiger partial charge in [-0.25, -0.2) is 4.79 Å². The second-order valence-corrected chi connectivity index (χ2v) is 3.37. The van der Waals surface area contributed by atoms with Crippen LogP contribution in [0.4, 0.5) is 0 Å². The van der Waals surface area contributed by atoms with Crippen LogP contribution in [0.2, 0.25) is 0 Å². The summed E-state index contributed by atoms with van der Waals surface area (Å²) < 4.78 is 0.456. The number of carboxylic acids is 1.